The molecule has 0 aliphatic carbocycles. The van der Waals surface area contributed by atoms with E-state index in [1.807, 2.05) is 36.1 Å². The van der Waals surface area contributed by atoms with Crippen LogP contribution in [0.15, 0.2) is 24.3 Å². The van der Waals surface area contributed by atoms with Gasteiger partial charge in [-0.2, -0.15) is 0 Å². The highest BCUT2D eigenvalue weighted by Gasteiger charge is 2.25. The van der Waals surface area contributed by atoms with Gasteiger partial charge >= 0.3 is 6.03 Å². The molecule has 1 fully saturated rings. The van der Waals surface area contributed by atoms with Crippen LogP contribution in [-0.2, 0) is 9.47 Å². The van der Waals surface area contributed by atoms with Crippen LogP contribution in [-0.4, -0.2) is 43.8 Å². The van der Waals surface area contributed by atoms with Crippen LogP contribution in [0.4, 0.5) is 10.5 Å². The fraction of sp³-hybridized carbons (Fsp3) is 0.562. The van der Waals surface area contributed by atoms with Crippen molar-refractivity contribution in [2.45, 2.75) is 32.4 Å². The summed E-state index contributed by atoms with van der Waals surface area (Å²) in [5, 5.41) is 2.97. The summed E-state index contributed by atoms with van der Waals surface area (Å²) < 4.78 is 10.7. The largest absolute Gasteiger partial charge is 0.377 e. The molecule has 1 aromatic carbocycles. The van der Waals surface area contributed by atoms with Gasteiger partial charge in [0.2, 0.25) is 0 Å². The van der Waals surface area contributed by atoms with Crippen molar-refractivity contribution in [3.05, 3.63) is 29.8 Å². The minimum Gasteiger partial charge on any atom is -0.377 e. The summed E-state index contributed by atoms with van der Waals surface area (Å²) in [6, 6.07) is 7.86. The molecule has 1 saturated heterocycles. The van der Waals surface area contributed by atoms with Crippen LogP contribution in [0.2, 0.25) is 0 Å². The number of rotatable bonds is 4. The summed E-state index contributed by atoms with van der Waals surface area (Å²) in [6.07, 6.45) is 0.905. The second-order valence-electron chi connectivity index (χ2n) is 5.26. The molecule has 1 aliphatic rings. The summed E-state index contributed by atoms with van der Waals surface area (Å²) in [6.45, 7) is 5.91. The number of nitrogens with one attached hydrogen (secondary N) is 1. The number of hydrogen-bond donors (Lipinski definition) is 1. The molecule has 0 bridgehead atoms. The maximum Gasteiger partial charge on any atom is 0.322 e. The summed E-state index contributed by atoms with van der Waals surface area (Å²) >= 11 is 0. The zero-order valence-corrected chi connectivity index (χ0v) is 13.0. The van der Waals surface area contributed by atoms with E-state index in [1.54, 1.807) is 7.11 Å². The van der Waals surface area contributed by atoms with Crippen LogP contribution < -0.4 is 5.32 Å². The summed E-state index contributed by atoms with van der Waals surface area (Å²) in [7, 11) is 1.68. The van der Waals surface area contributed by atoms with Gasteiger partial charge in [-0.05, 0) is 31.0 Å². The second kappa shape index (κ2) is 7.43. The summed E-state index contributed by atoms with van der Waals surface area (Å²) in [4.78, 5) is 14.3. The van der Waals surface area contributed by atoms with Crippen LogP contribution >= 0.6 is 0 Å². The van der Waals surface area contributed by atoms with E-state index in [2.05, 4.69) is 12.2 Å². The Bertz CT molecular complexity index is 478. The van der Waals surface area contributed by atoms with Crippen molar-refractivity contribution in [3.63, 3.8) is 0 Å². The number of carbonyl (C=O) groups is 1. The average Bonchev–Trinajstić information content (AvgIpc) is 2.54. The minimum atomic E-state index is -0.0626. The number of benzene rings is 1. The Morgan fingerprint density at radius 2 is 2.38 bits per heavy atom. The molecule has 0 saturated carbocycles. The Kier molecular flexibility index (Phi) is 5.59. The molecule has 1 heterocycles. The Hall–Kier alpha value is -1.59. The maximum atomic E-state index is 12.4. The van der Waals surface area contributed by atoms with Gasteiger partial charge in [0, 0.05) is 19.3 Å². The molecule has 1 aromatic rings. The van der Waals surface area contributed by atoms with E-state index >= 15 is 0 Å². The third kappa shape index (κ3) is 3.95. The number of anilines is 1. The lowest BCUT2D eigenvalue weighted by molar-refractivity contribution is 0.0144. The Morgan fingerprint density at radius 3 is 3.10 bits per heavy atom. The molecular formula is C16H24N2O3. The van der Waals surface area contributed by atoms with Gasteiger partial charge in [-0.25, -0.2) is 4.79 Å². The zero-order chi connectivity index (χ0) is 15.2. The van der Waals surface area contributed by atoms with E-state index in [1.165, 1.54) is 0 Å². The highest BCUT2D eigenvalue weighted by molar-refractivity contribution is 5.89. The number of hydrogen-bond acceptors (Lipinski definition) is 3. The van der Waals surface area contributed by atoms with Crippen LogP contribution in [0, 0.1) is 0 Å². The average molecular weight is 292 g/mol. The number of urea groups is 1. The molecule has 2 amide bonds. The highest BCUT2D eigenvalue weighted by Crippen LogP contribution is 2.20. The quantitative estimate of drug-likeness (QED) is 0.928. The normalized spacial score (nSPS) is 20.1. The van der Waals surface area contributed by atoms with Crippen molar-refractivity contribution in [1.82, 2.24) is 4.90 Å². The lowest BCUT2D eigenvalue weighted by Gasteiger charge is -2.35. The van der Waals surface area contributed by atoms with E-state index < -0.39 is 0 Å². The number of nitrogens with zero attached hydrogens (tertiary/aromatic N) is 1. The van der Waals surface area contributed by atoms with Gasteiger partial charge < -0.3 is 19.7 Å². The van der Waals surface area contributed by atoms with E-state index in [0.29, 0.717) is 19.8 Å². The third-order valence-electron chi connectivity index (χ3n) is 3.92. The Labute approximate surface area is 126 Å². The SMILES string of the molecule is CC[C@H]1COCCN1C(=O)Nc1cccc([C@@H](C)OC)c1. The van der Waals surface area contributed by atoms with E-state index in [0.717, 1.165) is 17.7 Å². The first kappa shape index (κ1) is 15.8. The predicted molar refractivity (Wildman–Crippen MR) is 82.5 cm³/mol. The smallest absolute Gasteiger partial charge is 0.322 e. The summed E-state index contributed by atoms with van der Waals surface area (Å²) in [5.41, 5.74) is 1.84. The topological polar surface area (TPSA) is 50.8 Å². The number of morpholine rings is 1. The van der Waals surface area contributed by atoms with Gasteiger partial charge in [-0.1, -0.05) is 19.1 Å². The van der Waals surface area contributed by atoms with Crippen molar-refractivity contribution in [1.29, 1.82) is 0 Å². The zero-order valence-electron chi connectivity index (χ0n) is 13.0. The first-order valence-electron chi connectivity index (χ1n) is 7.43. The molecule has 0 spiro atoms. The Balaban J connectivity index is 2.05. The first-order valence-corrected chi connectivity index (χ1v) is 7.43. The van der Waals surface area contributed by atoms with E-state index in [4.69, 9.17) is 9.47 Å². The molecule has 2 rings (SSSR count). The fourth-order valence-electron chi connectivity index (χ4n) is 2.46. The lowest BCUT2D eigenvalue weighted by atomic mass is 10.1. The number of carbonyl (C=O) groups excluding carboxylic acids is 1. The summed E-state index contributed by atoms with van der Waals surface area (Å²) in [5.74, 6) is 0. The molecule has 5 heteroatoms. The van der Waals surface area contributed by atoms with Gasteiger partial charge in [0.15, 0.2) is 0 Å². The number of methoxy groups -OCH3 is 1. The first-order chi connectivity index (χ1) is 10.2. The standard InChI is InChI=1S/C16H24N2O3/c1-4-15-11-21-9-8-18(15)16(19)17-14-7-5-6-13(10-14)12(2)20-3/h5-7,10,12,15H,4,8-9,11H2,1-3H3,(H,17,19)/t12-,15+/m1/s1. The van der Waals surface area contributed by atoms with Crippen molar-refractivity contribution in [2.75, 3.05) is 32.2 Å². The third-order valence-corrected chi connectivity index (χ3v) is 3.92. The van der Waals surface area contributed by atoms with E-state index in [9.17, 15) is 4.79 Å². The Morgan fingerprint density at radius 1 is 1.57 bits per heavy atom. The molecule has 5 nitrogen and oxygen atoms in total. The van der Waals surface area contributed by atoms with E-state index in [-0.39, 0.29) is 18.2 Å². The highest BCUT2D eigenvalue weighted by atomic mass is 16.5. The predicted octanol–water partition coefficient (Wildman–Crippen LogP) is 3.04. The van der Waals surface area contributed by atoms with Crippen molar-refractivity contribution in [2.24, 2.45) is 0 Å². The van der Waals surface area contributed by atoms with Crippen molar-refractivity contribution < 1.29 is 14.3 Å². The van der Waals surface area contributed by atoms with Crippen LogP contribution in [0.3, 0.4) is 0 Å². The molecule has 21 heavy (non-hydrogen) atoms. The number of ether oxygens (including phenoxy) is 2. The van der Waals surface area contributed by atoms with Crippen LogP contribution in [0.5, 0.6) is 0 Å². The molecule has 0 aromatic heterocycles. The van der Waals surface area contributed by atoms with Crippen molar-refractivity contribution >= 4 is 11.7 Å². The molecule has 0 unspecified atom stereocenters. The van der Waals surface area contributed by atoms with Gasteiger partial charge in [-0.15, -0.1) is 0 Å². The van der Waals surface area contributed by atoms with Gasteiger partial charge in [0.1, 0.15) is 0 Å². The second-order valence-corrected chi connectivity index (χ2v) is 5.26. The van der Waals surface area contributed by atoms with Crippen LogP contribution in [0.25, 0.3) is 0 Å². The molecule has 2 atom stereocenters. The van der Waals surface area contributed by atoms with Gasteiger partial charge in [-0.3, -0.25) is 0 Å². The van der Waals surface area contributed by atoms with Crippen LogP contribution in [0.1, 0.15) is 31.9 Å². The maximum absolute atomic E-state index is 12.4. The minimum absolute atomic E-state index is 0.00799. The number of amides is 2. The van der Waals surface area contributed by atoms with Gasteiger partial charge in [0.25, 0.3) is 0 Å². The lowest BCUT2D eigenvalue weighted by Crippen LogP contribution is -2.50. The fourth-order valence-corrected chi connectivity index (χ4v) is 2.46. The van der Waals surface area contributed by atoms with Crippen molar-refractivity contribution in [3.8, 4) is 0 Å². The van der Waals surface area contributed by atoms with Gasteiger partial charge in [0.05, 0.1) is 25.4 Å². The molecule has 1 N–H and O–H groups in total. The molecule has 116 valence electrons. The molecule has 1 aliphatic heterocycles. The monoisotopic (exact) mass is 292 g/mol. The molecule has 0 radical (unpaired) electrons. The molecular weight excluding hydrogens is 268 g/mol.